The van der Waals surface area contributed by atoms with Crippen LogP contribution in [0.5, 0.6) is 0 Å². The van der Waals surface area contributed by atoms with Crippen molar-refractivity contribution in [1.29, 1.82) is 0 Å². The number of benzene rings is 1. The summed E-state index contributed by atoms with van der Waals surface area (Å²) in [7, 11) is 0. The van der Waals surface area contributed by atoms with Crippen molar-refractivity contribution in [3.8, 4) is 0 Å². The van der Waals surface area contributed by atoms with Gasteiger partial charge in [0.15, 0.2) is 0 Å². The van der Waals surface area contributed by atoms with Crippen molar-refractivity contribution in [3.05, 3.63) is 35.6 Å². The van der Waals surface area contributed by atoms with Gasteiger partial charge in [-0.25, -0.2) is 4.39 Å². The van der Waals surface area contributed by atoms with Gasteiger partial charge in [-0.05, 0) is 49.3 Å². The zero-order chi connectivity index (χ0) is 12.1. The van der Waals surface area contributed by atoms with E-state index in [-0.39, 0.29) is 5.82 Å². The lowest BCUT2D eigenvalue weighted by Crippen LogP contribution is -2.42. The summed E-state index contributed by atoms with van der Waals surface area (Å²) in [5.41, 5.74) is 1.20. The van der Waals surface area contributed by atoms with E-state index in [4.69, 9.17) is 0 Å². The van der Waals surface area contributed by atoms with Crippen molar-refractivity contribution >= 4 is 0 Å². The molecule has 0 heterocycles. The smallest absolute Gasteiger partial charge is 0.126 e. The van der Waals surface area contributed by atoms with E-state index in [2.05, 4.69) is 12.2 Å². The van der Waals surface area contributed by atoms with Crippen LogP contribution in [0, 0.1) is 11.2 Å². The van der Waals surface area contributed by atoms with Crippen LogP contribution in [0.15, 0.2) is 24.3 Å². The summed E-state index contributed by atoms with van der Waals surface area (Å²) in [6, 6.07) is 7.20. The number of hydrogen-bond acceptors (Lipinski definition) is 1. The van der Waals surface area contributed by atoms with Gasteiger partial charge in [-0.1, -0.05) is 31.5 Å². The van der Waals surface area contributed by atoms with Gasteiger partial charge in [-0.15, -0.1) is 0 Å². The van der Waals surface area contributed by atoms with Gasteiger partial charge in [0.05, 0.1) is 0 Å². The predicted molar refractivity (Wildman–Crippen MR) is 69.5 cm³/mol. The van der Waals surface area contributed by atoms with Gasteiger partial charge in [-0.3, -0.25) is 0 Å². The second-order valence-electron chi connectivity index (χ2n) is 5.30. The Morgan fingerprint density at radius 2 is 2.06 bits per heavy atom. The fourth-order valence-electron chi connectivity index (χ4n) is 2.67. The molecule has 1 aromatic rings. The van der Waals surface area contributed by atoms with Crippen LogP contribution in [0.3, 0.4) is 0 Å². The van der Waals surface area contributed by atoms with E-state index in [1.165, 1.54) is 19.3 Å². The van der Waals surface area contributed by atoms with Gasteiger partial charge in [0, 0.05) is 6.54 Å². The minimum atomic E-state index is -0.0470. The Morgan fingerprint density at radius 1 is 1.29 bits per heavy atom. The lowest BCUT2D eigenvalue weighted by atomic mass is 9.65. The molecular formula is C15H22FN. The minimum absolute atomic E-state index is 0.0470. The molecule has 0 saturated heterocycles. The van der Waals surface area contributed by atoms with E-state index in [9.17, 15) is 4.39 Å². The molecular weight excluding hydrogens is 213 g/mol. The highest BCUT2D eigenvalue weighted by Gasteiger charge is 2.36. The molecule has 2 rings (SSSR count). The van der Waals surface area contributed by atoms with Crippen molar-refractivity contribution in [1.82, 2.24) is 5.32 Å². The quantitative estimate of drug-likeness (QED) is 0.744. The van der Waals surface area contributed by atoms with E-state index in [1.54, 1.807) is 12.1 Å². The van der Waals surface area contributed by atoms with E-state index in [0.717, 1.165) is 31.5 Å². The Hall–Kier alpha value is -0.890. The lowest BCUT2D eigenvalue weighted by Gasteiger charge is -2.42. The van der Waals surface area contributed by atoms with E-state index < -0.39 is 0 Å². The van der Waals surface area contributed by atoms with Crippen LogP contribution in [0.4, 0.5) is 4.39 Å². The molecule has 1 fully saturated rings. The molecule has 94 valence electrons. The highest BCUT2D eigenvalue weighted by atomic mass is 19.1. The van der Waals surface area contributed by atoms with Gasteiger partial charge in [0.2, 0.25) is 0 Å². The Morgan fingerprint density at radius 3 is 2.65 bits per heavy atom. The third-order valence-electron chi connectivity index (χ3n) is 3.86. The standard InChI is InChI=1S/C15H22FN/c1-2-10-17-12-15(8-5-9-15)11-13-6-3-4-7-14(13)16/h3-4,6-7,17H,2,5,8-12H2,1H3. The third kappa shape index (κ3) is 3.06. The molecule has 2 heteroatoms. The molecule has 1 aliphatic carbocycles. The van der Waals surface area contributed by atoms with Crippen molar-refractivity contribution < 1.29 is 4.39 Å². The minimum Gasteiger partial charge on any atom is -0.316 e. The maximum absolute atomic E-state index is 13.6. The summed E-state index contributed by atoms with van der Waals surface area (Å²) in [5, 5.41) is 3.50. The van der Waals surface area contributed by atoms with Crippen LogP contribution in [0.25, 0.3) is 0 Å². The molecule has 0 radical (unpaired) electrons. The van der Waals surface area contributed by atoms with Gasteiger partial charge in [-0.2, -0.15) is 0 Å². The number of rotatable bonds is 6. The molecule has 0 unspecified atom stereocenters. The maximum atomic E-state index is 13.6. The van der Waals surface area contributed by atoms with Gasteiger partial charge in [0.25, 0.3) is 0 Å². The first-order valence-corrected chi connectivity index (χ1v) is 6.70. The van der Waals surface area contributed by atoms with Crippen LogP contribution >= 0.6 is 0 Å². The van der Waals surface area contributed by atoms with Crippen LogP contribution in [-0.2, 0) is 6.42 Å². The number of nitrogens with one attached hydrogen (secondary N) is 1. The molecule has 0 aromatic heterocycles. The Balaban J connectivity index is 1.97. The van der Waals surface area contributed by atoms with Crippen molar-refractivity contribution in [2.24, 2.45) is 5.41 Å². The molecule has 0 atom stereocenters. The Labute approximate surface area is 103 Å². The average Bonchev–Trinajstić information content (AvgIpc) is 2.28. The van der Waals surface area contributed by atoms with Crippen LogP contribution in [-0.4, -0.2) is 13.1 Å². The summed E-state index contributed by atoms with van der Waals surface area (Å²) >= 11 is 0. The lowest BCUT2D eigenvalue weighted by molar-refractivity contribution is 0.129. The molecule has 1 N–H and O–H groups in total. The summed E-state index contributed by atoms with van der Waals surface area (Å²) in [6.45, 7) is 4.28. The molecule has 17 heavy (non-hydrogen) atoms. The summed E-state index contributed by atoms with van der Waals surface area (Å²) < 4.78 is 13.6. The zero-order valence-corrected chi connectivity index (χ0v) is 10.6. The molecule has 1 aromatic carbocycles. The number of halogens is 1. The summed E-state index contributed by atoms with van der Waals surface area (Å²) in [5.74, 6) is -0.0470. The van der Waals surface area contributed by atoms with Crippen LogP contribution in [0.2, 0.25) is 0 Å². The molecule has 1 saturated carbocycles. The first-order chi connectivity index (χ1) is 8.26. The van der Waals surface area contributed by atoms with Crippen LogP contribution in [0.1, 0.15) is 38.2 Å². The van der Waals surface area contributed by atoms with Crippen LogP contribution < -0.4 is 5.32 Å². The maximum Gasteiger partial charge on any atom is 0.126 e. The molecule has 1 nitrogen and oxygen atoms in total. The fourth-order valence-corrected chi connectivity index (χ4v) is 2.67. The molecule has 0 spiro atoms. The summed E-state index contributed by atoms with van der Waals surface area (Å²) in [4.78, 5) is 0. The predicted octanol–water partition coefficient (Wildman–Crippen LogP) is 3.54. The first kappa shape index (κ1) is 12.6. The third-order valence-corrected chi connectivity index (χ3v) is 3.86. The highest BCUT2D eigenvalue weighted by Crippen LogP contribution is 2.43. The zero-order valence-electron chi connectivity index (χ0n) is 10.6. The van der Waals surface area contributed by atoms with E-state index in [0.29, 0.717) is 5.41 Å². The largest absolute Gasteiger partial charge is 0.316 e. The van der Waals surface area contributed by atoms with E-state index >= 15 is 0 Å². The monoisotopic (exact) mass is 235 g/mol. The van der Waals surface area contributed by atoms with Gasteiger partial charge >= 0.3 is 0 Å². The SMILES string of the molecule is CCCNCC1(Cc2ccccc2F)CCC1. The molecule has 0 bridgehead atoms. The fraction of sp³-hybridized carbons (Fsp3) is 0.600. The second-order valence-corrected chi connectivity index (χ2v) is 5.30. The molecule has 0 amide bonds. The molecule has 1 aliphatic rings. The van der Waals surface area contributed by atoms with Gasteiger partial charge < -0.3 is 5.32 Å². The average molecular weight is 235 g/mol. The van der Waals surface area contributed by atoms with Crippen molar-refractivity contribution in [3.63, 3.8) is 0 Å². The van der Waals surface area contributed by atoms with Gasteiger partial charge in [0.1, 0.15) is 5.82 Å². The van der Waals surface area contributed by atoms with Crippen molar-refractivity contribution in [2.45, 2.75) is 39.0 Å². The second kappa shape index (κ2) is 5.63. The van der Waals surface area contributed by atoms with E-state index in [1.807, 2.05) is 12.1 Å². The molecule has 0 aliphatic heterocycles. The highest BCUT2D eigenvalue weighted by molar-refractivity contribution is 5.20. The Kier molecular flexibility index (Phi) is 4.16. The van der Waals surface area contributed by atoms with Crippen molar-refractivity contribution in [2.75, 3.05) is 13.1 Å². The first-order valence-electron chi connectivity index (χ1n) is 6.70. The normalized spacial score (nSPS) is 17.8. The topological polar surface area (TPSA) is 12.0 Å². The summed E-state index contributed by atoms with van der Waals surface area (Å²) in [6.07, 6.45) is 5.81. The Bertz CT molecular complexity index is 358. The number of hydrogen-bond donors (Lipinski definition) is 1.